The number of nitrogens with two attached hydrogens (primary N) is 1. The van der Waals surface area contributed by atoms with Crippen molar-refractivity contribution in [3.63, 3.8) is 0 Å². The van der Waals surface area contributed by atoms with Gasteiger partial charge < -0.3 is 15.4 Å². The Bertz CT molecular complexity index is 385. The number of amides is 1. The van der Waals surface area contributed by atoms with Crippen LogP contribution in [0.25, 0.3) is 0 Å². The molecule has 1 amide bonds. The fraction of sp³-hybridized carbons (Fsp3) is 0.900. The number of hydrogen-bond donors (Lipinski definition) is 1. The summed E-state index contributed by atoms with van der Waals surface area (Å²) in [6.07, 6.45) is 1.56. The van der Waals surface area contributed by atoms with E-state index in [-0.39, 0.29) is 5.91 Å². The van der Waals surface area contributed by atoms with Gasteiger partial charge in [-0.3, -0.25) is 4.79 Å². The first kappa shape index (κ1) is 15.7. The van der Waals surface area contributed by atoms with Gasteiger partial charge in [-0.25, -0.2) is 8.42 Å². The smallest absolute Gasteiger partial charge is 0.240 e. The summed E-state index contributed by atoms with van der Waals surface area (Å²) in [5.41, 5.74) is 5.77. The summed E-state index contributed by atoms with van der Waals surface area (Å²) < 4.78 is 28.2. The first-order valence-corrected chi connectivity index (χ1v) is 8.80. The molecular formula is C10H20N2O4S2. The van der Waals surface area contributed by atoms with E-state index in [2.05, 4.69) is 0 Å². The molecule has 6 nitrogen and oxygen atoms in total. The number of carbonyl (C=O) groups excluding carboxylic acids is 1. The van der Waals surface area contributed by atoms with Crippen LogP contribution in [0.15, 0.2) is 0 Å². The van der Waals surface area contributed by atoms with Crippen molar-refractivity contribution >= 4 is 27.5 Å². The number of sulfone groups is 1. The van der Waals surface area contributed by atoms with E-state index in [1.54, 1.807) is 11.8 Å². The summed E-state index contributed by atoms with van der Waals surface area (Å²) >= 11 is 1.54. The summed E-state index contributed by atoms with van der Waals surface area (Å²) in [6.45, 7) is 0.820. The summed E-state index contributed by atoms with van der Waals surface area (Å²) in [5, 5.41) is -0.752. The molecule has 2 atom stereocenters. The molecule has 0 bridgehead atoms. The summed E-state index contributed by atoms with van der Waals surface area (Å²) in [6, 6.07) is -0.697. The molecule has 2 unspecified atom stereocenters. The fourth-order valence-electron chi connectivity index (χ4n) is 1.77. The maximum atomic E-state index is 12.1. The lowest BCUT2D eigenvalue weighted by atomic mass is 10.2. The Hall–Kier alpha value is -0.310. The van der Waals surface area contributed by atoms with Gasteiger partial charge in [0.1, 0.15) is 5.37 Å². The number of ether oxygens (including phenoxy) is 1. The molecule has 1 heterocycles. The summed E-state index contributed by atoms with van der Waals surface area (Å²) in [7, 11) is -1.74. The van der Waals surface area contributed by atoms with E-state index in [9.17, 15) is 13.2 Å². The second kappa shape index (κ2) is 6.74. The highest BCUT2D eigenvalue weighted by molar-refractivity contribution is 8.00. The second-order valence-electron chi connectivity index (χ2n) is 4.28. The van der Waals surface area contributed by atoms with E-state index in [4.69, 9.17) is 10.5 Å². The molecule has 0 saturated carbocycles. The van der Waals surface area contributed by atoms with Gasteiger partial charge in [0.15, 0.2) is 9.84 Å². The number of thioether (sulfide) groups is 1. The maximum Gasteiger partial charge on any atom is 0.240 e. The second-order valence-corrected chi connectivity index (χ2v) is 7.63. The Balaban J connectivity index is 2.74. The van der Waals surface area contributed by atoms with Gasteiger partial charge in [-0.15, -0.1) is 0 Å². The zero-order valence-corrected chi connectivity index (χ0v) is 12.3. The highest BCUT2D eigenvalue weighted by Crippen LogP contribution is 2.21. The topological polar surface area (TPSA) is 89.7 Å². The Morgan fingerprint density at radius 1 is 1.61 bits per heavy atom. The van der Waals surface area contributed by atoms with E-state index in [0.29, 0.717) is 25.3 Å². The van der Waals surface area contributed by atoms with Gasteiger partial charge in [0, 0.05) is 38.0 Å². The molecule has 1 saturated heterocycles. The third-order valence-corrected chi connectivity index (χ3v) is 5.46. The van der Waals surface area contributed by atoms with Crippen LogP contribution < -0.4 is 5.73 Å². The zero-order chi connectivity index (χ0) is 13.8. The Morgan fingerprint density at radius 3 is 2.83 bits per heavy atom. The lowest BCUT2D eigenvalue weighted by molar-refractivity contribution is -0.133. The highest BCUT2D eigenvalue weighted by Gasteiger charge is 2.35. The van der Waals surface area contributed by atoms with Gasteiger partial charge >= 0.3 is 0 Å². The minimum atomic E-state index is -3.28. The number of hydrogen-bond acceptors (Lipinski definition) is 6. The zero-order valence-electron chi connectivity index (χ0n) is 10.7. The van der Waals surface area contributed by atoms with Crippen LogP contribution in [-0.2, 0) is 19.4 Å². The maximum absolute atomic E-state index is 12.1. The quantitative estimate of drug-likeness (QED) is 0.721. The molecule has 106 valence electrons. The molecule has 1 aliphatic heterocycles. The molecule has 0 spiro atoms. The van der Waals surface area contributed by atoms with Gasteiger partial charge in [-0.1, -0.05) is 0 Å². The molecule has 0 aromatic carbocycles. The summed E-state index contributed by atoms with van der Waals surface area (Å²) in [4.78, 5) is 13.5. The molecule has 18 heavy (non-hydrogen) atoms. The van der Waals surface area contributed by atoms with Crippen LogP contribution in [0, 0.1) is 0 Å². The van der Waals surface area contributed by atoms with E-state index in [1.165, 1.54) is 12.0 Å². The van der Waals surface area contributed by atoms with Crippen molar-refractivity contribution in [2.24, 2.45) is 5.73 Å². The van der Waals surface area contributed by atoms with E-state index in [1.807, 2.05) is 0 Å². The molecule has 1 aliphatic rings. The molecule has 0 aromatic heterocycles. The van der Waals surface area contributed by atoms with Gasteiger partial charge in [0.25, 0.3) is 0 Å². The number of rotatable bonds is 5. The Morgan fingerprint density at radius 2 is 2.28 bits per heavy atom. The minimum absolute atomic E-state index is 0.303. The van der Waals surface area contributed by atoms with Crippen molar-refractivity contribution in [2.75, 3.05) is 38.0 Å². The molecule has 1 rings (SSSR count). The minimum Gasteiger partial charge on any atom is -0.385 e. The van der Waals surface area contributed by atoms with Crippen LogP contribution in [0.3, 0.4) is 0 Å². The van der Waals surface area contributed by atoms with E-state index >= 15 is 0 Å². The normalized spacial score (nSPS) is 22.8. The molecule has 0 aromatic rings. The molecular weight excluding hydrogens is 276 g/mol. The average Bonchev–Trinajstić information content (AvgIpc) is 2.34. The van der Waals surface area contributed by atoms with Crippen LogP contribution in [0.5, 0.6) is 0 Å². The third kappa shape index (κ3) is 4.11. The third-order valence-electron chi connectivity index (χ3n) is 2.81. The predicted molar refractivity (Wildman–Crippen MR) is 72.1 cm³/mol. The Labute approximate surface area is 112 Å². The van der Waals surface area contributed by atoms with Crippen molar-refractivity contribution in [3.8, 4) is 0 Å². The number of methoxy groups -OCH3 is 1. The largest absolute Gasteiger partial charge is 0.385 e. The van der Waals surface area contributed by atoms with Gasteiger partial charge in [-0.05, 0) is 6.42 Å². The Kier molecular flexibility index (Phi) is 5.90. The molecule has 8 heteroatoms. The lowest BCUT2D eigenvalue weighted by Gasteiger charge is -2.35. The molecule has 2 N–H and O–H groups in total. The summed E-state index contributed by atoms with van der Waals surface area (Å²) in [5.74, 6) is 0.860. The highest BCUT2D eigenvalue weighted by atomic mass is 32.2. The lowest BCUT2D eigenvalue weighted by Crippen LogP contribution is -2.55. The fourth-order valence-corrected chi connectivity index (χ4v) is 4.59. The molecule has 0 aliphatic carbocycles. The van der Waals surface area contributed by atoms with Gasteiger partial charge in [-0.2, -0.15) is 11.8 Å². The van der Waals surface area contributed by atoms with E-state index < -0.39 is 21.3 Å². The van der Waals surface area contributed by atoms with Crippen molar-refractivity contribution < 1.29 is 17.9 Å². The van der Waals surface area contributed by atoms with Crippen LogP contribution >= 0.6 is 11.8 Å². The van der Waals surface area contributed by atoms with Gasteiger partial charge in [0.05, 0.1) is 6.04 Å². The average molecular weight is 296 g/mol. The number of nitrogens with zero attached hydrogens (tertiary/aromatic N) is 1. The van der Waals surface area contributed by atoms with Crippen LogP contribution in [-0.4, -0.2) is 68.7 Å². The standard InChI is InChI=1S/C10H20N2O4S2/c1-16-5-3-8(11)10(13)12-4-6-17-7-9(12)18(2,14)15/h8-9H,3-7,11H2,1-2H3. The SMILES string of the molecule is COCCC(N)C(=O)N1CCSCC1S(C)(=O)=O. The van der Waals surface area contributed by atoms with Crippen LogP contribution in [0.2, 0.25) is 0 Å². The van der Waals surface area contributed by atoms with Crippen molar-refractivity contribution in [3.05, 3.63) is 0 Å². The first-order valence-electron chi connectivity index (χ1n) is 5.69. The van der Waals surface area contributed by atoms with Crippen molar-refractivity contribution in [1.29, 1.82) is 0 Å². The first-order chi connectivity index (χ1) is 8.38. The molecule has 1 fully saturated rings. The van der Waals surface area contributed by atoms with Crippen molar-refractivity contribution in [2.45, 2.75) is 17.8 Å². The monoisotopic (exact) mass is 296 g/mol. The van der Waals surface area contributed by atoms with Crippen molar-refractivity contribution in [1.82, 2.24) is 4.90 Å². The predicted octanol–water partition coefficient (Wildman–Crippen LogP) is -0.704. The van der Waals surface area contributed by atoms with Crippen LogP contribution in [0.1, 0.15) is 6.42 Å². The van der Waals surface area contributed by atoms with E-state index in [0.717, 1.165) is 12.0 Å². The number of carbonyl (C=O) groups is 1. The van der Waals surface area contributed by atoms with Gasteiger partial charge in [0.2, 0.25) is 5.91 Å². The van der Waals surface area contributed by atoms with Crippen LogP contribution in [0.4, 0.5) is 0 Å². The molecule has 0 radical (unpaired) electrons.